The molecule has 4 rings (SSSR count). The van der Waals surface area contributed by atoms with Crippen LogP contribution in [-0.2, 0) is 0 Å². The fraction of sp³-hybridized carbons (Fsp3) is 0.250. The van der Waals surface area contributed by atoms with Crippen molar-refractivity contribution in [2.45, 2.75) is 0 Å². The highest BCUT2D eigenvalue weighted by molar-refractivity contribution is 9.10. The van der Waals surface area contributed by atoms with Gasteiger partial charge < -0.3 is 10.2 Å². The van der Waals surface area contributed by atoms with Crippen LogP contribution in [0, 0.1) is 0 Å². The van der Waals surface area contributed by atoms with Crippen LogP contribution >= 0.6 is 15.9 Å². The van der Waals surface area contributed by atoms with Gasteiger partial charge in [0.05, 0.1) is 0 Å². The van der Waals surface area contributed by atoms with Crippen LogP contribution in [0.3, 0.4) is 0 Å². The van der Waals surface area contributed by atoms with Crippen molar-refractivity contribution in [1.29, 1.82) is 0 Å². The quantitative estimate of drug-likeness (QED) is 0.716. The van der Waals surface area contributed by atoms with Gasteiger partial charge in [-0.15, -0.1) is 0 Å². The van der Waals surface area contributed by atoms with Gasteiger partial charge in [0.25, 0.3) is 0 Å². The first-order chi connectivity index (χ1) is 10.8. The highest BCUT2D eigenvalue weighted by atomic mass is 79.9. The first-order valence-electron chi connectivity index (χ1n) is 7.37. The van der Waals surface area contributed by atoms with Crippen LogP contribution in [0.15, 0.2) is 47.3 Å². The van der Waals surface area contributed by atoms with Crippen molar-refractivity contribution in [3.05, 3.63) is 47.3 Å². The summed E-state index contributed by atoms with van der Waals surface area (Å²) in [6.45, 7) is 4.21. The van der Waals surface area contributed by atoms with Crippen molar-refractivity contribution >= 4 is 32.8 Å². The number of halogens is 1. The average molecular weight is 358 g/mol. The topological polar surface area (TPSA) is 46.0 Å². The summed E-state index contributed by atoms with van der Waals surface area (Å²) >= 11 is 3.42. The highest BCUT2D eigenvalue weighted by Gasteiger charge is 2.11. The molecule has 1 saturated heterocycles. The fourth-order valence-corrected chi connectivity index (χ4v) is 3.11. The van der Waals surface area contributed by atoms with Crippen LogP contribution in [-0.4, -0.2) is 40.7 Å². The molecule has 0 spiro atoms. The smallest absolute Gasteiger partial charge is 0.165 e. The molecule has 0 saturated carbocycles. The van der Waals surface area contributed by atoms with E-state index in [0.29, 0.717) is 0 Å². The maximum absolute atomic E-state index is 4.52. The van der Waals surface area contributed by atoms with E-state index in [1.807, 2.05) is 23.0 Å². The van der Waals surface area contributed by atoms with E-state index in [4.69, 9.17) is 0 Å². The van der Waals surface area contributed by atoms with Crippen molar-refractivity contribution < 1.29 is 0 Å². The minimum atomic E-state index is 0.819. The number of anilines is 1. The normalized spacial score (nSPS) is 15.4. The van der Waals surface area contributed by atoms with Crippen molar-refractivity contribution in [2.75, 3.05) is 31.1 Å². The Kier molecular flexibility index (Phi) is 3.56. The molecule has 3 aromatic rings. The molecule has 0 aliphatic carbocycles. The van der Waals surface area contributed by atoms with Gasteiger partial charge in [-0.1, -0.05) is 0 Å². The number of fused-ring (bicyclic) bond motifs is 1. The zero-order chi connectivity index (χ0) is 14.9. The van der Waals surface area contributed by atoms with E-state index in [9.17, 15) is 0 Å². The second kappa shape index (κ2) is 5.70. The van der Waals surface area contributed by atoms with Crippen molar-refractivity contribution in [3.8, 4) is 5.69 Å². The lowest BCUT2D eigenvalue weighted by molar-refractivity contribution is 0.589. The van der Waals surface area contributed by atoms with Gasteiger partial charge >= 0.3 is 0 Å². The Balaban J connectivity index is 1.68. The molecule has 0 amide bonds. The molecule has 1 aromatic carbocycles. The maximum Gasteiger partial charge on any atom is 0.165 e. The maximum atomic E-state index is 4.52. The van der Waals surface area contributed by atoms with Crippen LogP contribution in [0.25, 0.3) is 16.9 Å². The van der Waals surface area contributed by atoms with Crippen LogP contribution in [0.2, 0.25) is 0 Å². The number of piperazine rings is 1. The lowest BCUT2D eigenvalue weighted by atomic mass is 10.2. The molecule has 1 aliphatic heterocycles. The summed E-state index contributed by atoms with van der Waals surface area (Å²) in [5, 5.41) is 3.38. The number of nitrogens with zero attached hydrogens (tertiary/aromatic N) is 4. The SMILES string of the molecule is Brc1ccc2ncn(-c3ccc(N4CCNCC4)cc3)c2n1. The molecule has 22 heavy (non-hydrogen) atoms. The first-order valence-corrected chi connectivity index (χ1v) is 8.16. The lowest BCUT2D eigenvalue weighted by Crippen LogP contribution is -2.43. The van der Waals surface area contributed by atoms with E-state index in [1.165, 1.54) is 5.69 Å². The summed E-state index contributed by atoms with van der Waals surface area (Å²) < 4.78 is 2.83. The van der Waals surface area contributed by atoms with E-state index >= 15 is 0 Å². The number of rotatable bonds is 2. The van der Waals surface area contributed by atoms with Gasteiger partial charge in [0, 0.05) is 37.6 Å². The minimum absolute atomic E-state index is 0.819. The monoisotopic (exact) mass is 357 g/mol. The Hall–Kier alpha value is -1.92. The summed E-state index contributed by atoms with van der Waals surface area (Å²) in [6, 6.07) is 12.5. The molecule has 0 unspecified atom stereocenters. The van der Waals surface area contributed by atoms with Crippen LogP contribution in [0.4, 0.5) is 5.69 Å². The second-order valence-corrected chi connectivity index (χ2v) is 6.16. The molecule has 3 heterocycles. The predicted octanol–water partition coefficient (Wildman–Crippen LogP) is 2.59. The van der Waals surface area contributed by atoms with Crippen molar-refractivity contribution in [2.24, 2.45) is 0 Å². The molecular formula is C16H16BrN5. The third-order valence-corrected chi connectivity index (χ3v) is 4.41. The summed E-state index contributed by atoms with van der Waals surface area (Å²) in [5.74, 6) is 0. The Labute approximate surface area is 137 Å². The van der Waals surface area contributed by atoms with E-state index < -0.39 is 0 Å². The molecule has 0 atom stereocenters. The average Bonchev–Trinajstić information content (AvgIpc) is 2.99. The number of hydrogen-bond acceptors (Lipinski definition) is 4. The second-order valence-electron chi connectivity index (χ2n) is 5.34. The van der Waals surface area contributed by atoms with Gasteiger partial charge in [0.1, 0.15) is 16.4 Å². The van der Waals surface area contributed by atoms with Gasteiger partial charge in [-0.3, -0.25) is 4.57 Å². The zero-order valence-electron chi connectivity index (χ0n) is 12.0. The Morgan fingerprint density at radius 1 is 0.955 bits per heavy atom. The Morgan fingerprint density at radius 3 is 2.45 bits per heavy atom. The largest absolute Gasteiger partial charge is 0.369 e. The summed E-state index contributed by atoms with van der Waals surface area (Å²) in [7, 11) is 0. The first kappa shape index (κ1) is 13.7. The zero-order valence-corrected chi connectivity index (χ0v) is 13.6. The van der Waals surface area contributed by atoms with Gasteiger partial charge in [-0.25, -0.2) is 9.97 Å². The van der Waals surface area contributed by atoms with Gasteiger partial charge in [0.15, 0.2) is 5.65 Å². The predicted molar refractivity (Wildman–Crippen MR) is 91.6 cm³/mol. The van der Waals surface area contributed by atoms with Gasteiger partial charge in [-0.05, 0) is 52.3 Å². The molecule has 1 fully saturated rings. The van der Waals surface area contributed by atoms with E-state index in [0.717, 1.165) is 47.6 Å². The number of aromatic nitrogens is 3. The fourth-order valence-electron chi connectivity index (χ4n) is 2.81. The summed E-state index contributed by atoms with van der Waals surface area (Å²) in [4.78, 5) is 11.3. The van der Waals surface area contributed by atoms with Crippen molar-refractivity contribution in [3.63, 3.8) is 0 Å². The minimum Gasteiger partial charge on any atom is -0.369 e. The molecule has 5 nitrogen and oxygen atoms in total. The number of nitrogens with one attached hydrogen (secondary N) is 1. The van der Waals surface area contributed by atoms with Crippen molar-refractivity contribution in [1.82, 2.24) is 19.9 Å². The van der Waals surface area contributed by atoms with E-state index in [1.54, 1.807) is 0 Å². The molecule has 0 bridgehead atoms. The van der Waals surface area contributed by atoms with E-state index in [-0.39, 0.29) is 0 Å². The summed E-state index contributed by atoms with van der Waals surface area (Å²) in [6.07, 6.45) is 1.82. The van der Waals surface area contributed by atoms with Gasteiger partial charge in [0.2, 0.25) is 0 Å². The molecule has 2 aromatic heterocycles. The molecule has 6 heteroatoms. The number of hydrogen-bond donors (Lipinski definition) is 1. The van der Waals surface area contributed by atoms with Gasteiger partial charge in [-0.2, -0.15) is 0 Å². The highest BCUT2D eigenvalue weighted by Crippen LogP contribution is 2.22. The molecule has 1 aliphatic rings. The standard InChI is InChI=1S/C16H16BrN5/c17-15-6-5-14-16(20-15)22(11-19-14)13-3-1-12(2-4-13)21-9-7-18-8-10-21/h1-6,11,18H,7-10H2. The Bertz CT molecular complexity index is 790. The van der Waals surface area contributed by atoms with E-state index in [2.05, 4.69) is 60.4 Å². The molecule has 1 N–H and O–H groups in total. The van der Waals surface area contributed by atoms with Crippen LogP contribution in [0.1, 0.15) is 0 Å². The molecule has 112 valence electrons. The molecule has 0 radical (unpaired) electrons. The Morgan fingerprint density at radius 2 is 1.68 bits per heavy atom. The molecular weight excluding hydrogens is 342 g/mol. The van der Waals surface area contributed by atoms with Crippen LogP contribution in [0.5, 0.6) is 0 Å². The lowest BCUT2D eigenvalue weighted by Gasteiger charge is -2.29. The van der Waals surface area contributed by atoms with Crippen LogP contribution < -0.4 is 10.2 Å². The number of imidazole rings is 1. The summed E-state index contributed by atoms with van der Waals surface area (Å²) in [5.41, 5.74) is 4.11. The third kappa shape index (κ3) is 2.48. The number of pyridine rings is 1. The third-order valence-electron chi connectivity index (χ3n) is 3.97. The number of benzene rings is 1.